The molecule has 3 rings (SSSR count). The summed E-state index contributed by atoms with van der Waals surface area (Å²) in [4.78, 5) is 5.27. The van der Waals surface area contributed by atoms with Crippen molar-refractivity contribution >= 4 is 23.7 Å². The van der Waals surface area contributed by atoms with Crippen LogP contribution in [-0.2, 0) is 6.42 Å². The van der Waals surface area contributed by atoms with Gasteiger partial charge in [-0.2, -0.15) is 0 Å². The van der Waals surface area contributed by atoms with Gasteiger partial charge in [0.25, 0.3) is 0 Å². The van der Waals surface area contributed by atoms with Gasteiger partial charge in [-0.25, -0.2) is 0 Å². The lowest BCUT2D eigenvalue weighted by Gasteiger charge is -2.38. The Morgan fingerprint density at radius 1 is 1.10 bits per heavy atom. The zero-order chi connectivity index (χ0) is 20.9. The van der Waals surface area contributed by atoms with Crippen molar-refractivity contribution in [1.82, 2.24) is 4.90 Å². The van der Waals surface area contributed by atoms with Crippen molar-refractivity contribution in [3.05, 3.63) is 35.4 Å². The summed E-state index contributed by atoms with van der Waals surface area (Å²) in [6.07, 6.45) is 9.85. The van der Waals surface area contributed by atoms with E-state index < -0.39 is 0 Å². The minimum absolute atomic E-state index is 0. The van der Waals surface area contributed by atoms with Gasteiger partial charge in [0.05, 0.1) is 0 Å². The molecule has 170 valence electrons. The number of anilines is 1. The van der Waals surface area contributed by atoms with Crippen LogP contribution in [0.5, 0.6) is 0 Å². The number of benzene rings is 1. The van der Waals surface area contributed by atoms with Crippen LogP contribution in [0, 0.1) is 11.3 Å². The largest absolute Gasteiger partial charge is 0.368 e. The van der Waals surface area contributed by atoms with E-state index in [9.17, 15) is 0 Å². The molecule has 0 saturated carbocycles. The number of nitrogens with zero attached hydrogens (tertiary/aromatic N) is 2. The average Bonchev–Trinajstić information content (AvgIpc) is 2.72. The van der Waals surface area contributed by atoms with Crippen LogP contribution < -0.4 is 10.6 Å². The molecule has 1 unspecified atom stereocenters. The topological polar surface area (TPSA) is 32.5 Å². The minimum atomic E-state index is 0. The standard InChI is InChI=1S/C26H43N3.ClH/c1-5-6-15-28-16-18-29(19-17-28)25-20-21(13-14-27)7-12-24(25)22-8-10-23(11-9-22)26(2,3)4;/h7-8,12,20,23H,5-6,9-11,13-19,27H2,1-4H3;1H. The second kappa shape index (κ2) is 11.5. The Morgan fingerprint density at radius 2 is 1.83 bits per heavy atom. The van der Waals surface area contributed by atoms with Gasteiger partial charge in [-0.1, -0.05) is 52.3 Å². The molecule has 1 atom stereocenters. The summed E-state index contributed by atoms with van der Waals surface area (Å²) in [5, 5.41) is 0. The molecule has 2 aliphatic rings. The fraction of sp³-hybridized carbons (Fsp3) is 0.692. The van der Waals surface area contributed by atoms with Gasteiger partial charge < -0.3 is 10.6 Å². The van der Waals surface area contributed by atoms with E-state index in [1.165, 1.54) is 68.6 Å². The molecule has 0 amide bonds. The molecule has 1 aromatic rings. The summed E-state index contributed by atoms with van der Waals surface area (Å²) in [6, 6.07) is 7.12. The lowest BCUT2D eigenvalue weighted by molar-refractivity contribution is 0.225. The van der Waals surface area contributed by atoms with Gasteiger partial charge in [0.15, 0.2) is 0 Å². The predicted molar refractivity (Wildman–Crippen MR) is 135 cm³/mol. The number of hydrogen-bond acceptors (Lipinski definition) is 3. The first kappa shape index (κ1) is 25.2. The molecule has 2 N–H and O–H groups in total. The van der Waals surface area contributed by atoms with E-state index in [2.05, 4.69) is 61.8 Å². The van der Waals surface area contributed by atoms with Crippen molar-refractivity contribution < 1.29 is 0 Å². The molecule has 0 bridgehead atoms. The molecular formula is C26H44ClN3. The third-order valence-electron chi connectivity index (χ3n) is 7.02. The van der Waals surface area contributed by atoms with Crippen molar-refractivity contribution in [1.29, 1.82) is 0 Å². The highest BCUT2D eigenvalue weighted by atomic mass is 35.5. The molecule has 3 nitrogen and oxygen atoms in total. The molecule has 30 heavy (non-hydrogen) atoms. The monoisotopic (exact) mass is 433 g/mol. The van der Waals surface area contributed by atoms with E-state index in [-0.39, 0.29) is 12.4 Å². The third-order valence-corrected chi connectivity index (χ3v) is 7.02. The van der Waals surface area contributed by atoms with Crippen LogP contribution in [0.4, 0.5) is 5.69 Å². The van der Waals surface area contributed by atoms with Crippen molar-refractivity contribution in [3.8, 4) is 0 Å². The van der Waals surface area contributed by atoms with Crippen LogP contribution in [0.15, 0.2) is 24.3 Å². The Balaban J connectivity index is 0.00000320. The van der Waals surface area contributed by atoms with Gasteiger partial charge in [-0.15, -0.1) is 12.4 Å². The van der Waals surface area contributed by atoms with Crippen molar-refractivity contribution in [2.24, 2.45) is 17.1 Å². The first-order valence-electron chi connectivity index (χ1n) is 11.9. The molecule has 4 heteroatoms. The number of rotatable bonds is 7. The highest BCUT2D eigenvalue weighted by Crippen LogP contribution is 2.41. The Bertz CT molecular complexity index is 684. The molecule has 0 aromatic heterocycles. The number of allylic oxidation sites excluding steroid dienone is 2. The maximum atomic E-state index is 5.86. The molecular weight excluding hydrogens is 390 g/mol. The Hall–Kier alpha value is -1.03. The molecule has 1 fully saturated rings. The molecule has 1 aliphatic heterocycles. The van der Waals surface area contributed by atoms with Crippen LogP contribution in [-0.4, -0.2) is 44.2 Å². The number of unbranched alkanes of at least 4 members (excludes halogenated alkanes) is 1. The fourth-order valence-electron chi connectivity index (χ4n) is 4.89. The highest BCUT2D eigenvalue weighted by Gasteiger charge is 2.28. The van der Waals surface area contributed by atoms with E-state index in [1.807, 2.05) is 0 Å². The van der Waals surface area contributed by atoms with E-state index in [1.54, 1.807) is 5.57 Å². The highest BCUT2D eigenvalue weighted by molar-refractivity contribution is 5.85. The molecule has 0 radical (unpaired) electrons. The zero-order valence-electron chi connectivity index (χ0n) is 19.8. The Kier molecular flexibility index (Phi) is 9.71. The van der Waals surface area contributed by atoms with Gasteiger partial charge in [0.2, 0.25) is 0 Å². The van der Waals surface area contributed by atoms with Gasteiger partial charge in [-0.05, 0) is 73.7 Å². The molecule has 1 aliphatic carbocycles. The van der Waals surface area contributed by atoms with Crippen LogP contribution in [0.2, 0.25) is 0 Å². The van der Waals surface area contributed by atoms with Crippen LogP contribution >= 0.6 is 12.4 Å². The summed E-state index contributed by atoms with van der Waals surface area (Å²) < 4.78 is 0. The SMILES string of the molecule is CCCCN1CCN(c2cc(CCN)ccc2C2=CCC(C(C)(C)C)CC2)CC1.Cl. The molecule has 1 aromatic carbocycles. The van der Waals surface area contributed by atoms with Crippen LogP contribution in [0.1, 0.15) is 70.9 Å². The van der Waals surface area contributed by atoms with Gasteiger partial charge in [-0.3, -0.25) is 4.90 Å². The van der Waals surface area contributed by atoms with Crippen LogP contribution in [0.3, 0.4) is 0 Å². The van der Waals surface area contributed by atoms with Gasteiger partial charge in [0, 0.05) is 37.4 Å². The van der Waals surface area contributed by atoms with E-state index >= 15 is 0 Å². The molecule has 1 saturated heterocycles. The van der Waals surface area contributed by atoms with Crippen molar-refractivity contribution in [2.75, 3.05) is 44.2 Å². The van der Waals surface area contributed by atoms with E-state index in [0.717, 1.165) is 32.0 Å². The van der Waals surface area contributed by atoms with Crippen molar-refractivity contribution in [2.45, 2.75) is 66.2 Å². The number of halogens is 1. The summed E-state index contributed by atoms with van der Waals surface area (Å²) >= 11 is 0. The van der Waals surface area contributed by atoms with E-state index in [4.69, 9.17) is 5.73 Å². The smallest absolute Gasteiger partial charge is 0.0446 e. The Morgan fingerprint density at radius 3 is 2.40 bits per heavy atom. The second-order valence-corrected chi connectivity index (χ2v) is 10.1. The Labute approximate surface area is 191 Å². The fourth-order valence-corrected chi connectivity index (χ4v) is 4.89. The third kappa shape index (κ3) is 6.48. The van der Waals surface area contributed by atoms with Crippen molar-refractivity contribution in [3.63, 3.8) is 0 Å². The normalized spacial score (nSPS) is 20.6. The summed E-state index contributed by atoms with van der Waals surface area (Å²) in [7, 11) is 0. The number of nitrogens with two attached hydrogens (primary N) is 1. The predicted octanol–water partition coefficient (Wildman–Crippen LogP) is 5.76. The summed E-state index contributed by atoms with van der Waals surface area (Å²) in [5.41, 5.74) is 12.1. The van der Waals surface area contributed by atoms with Gasteiger partial charge >= 0.3 is 0 Å². The summed E-state index contributed by atoms with van der Waals surface area (Å²) in [5.74, 6) is 0.799. The quantitative estimate of drug-likeness (QED) is 0.593. The average molecular weight is 434 g/mol. The minimum Gasteiger partial charge on any atom is -0.368 e. The summed E-state index contributed by atoms with van der Waals surface area (Å²) in [6.45, 7) is 16.1. The van der Waals surface area contributed by atoms with Crippen LogP contribution in [0.25, 0.3) is 5.57 Å². The lowest BCUT2D eigenvalue weighted by Crippen LogP contribution is -2.47. The number of hydrogen-bond donors (Lipinski definition) is 1. The first-order chi connectivity index (χ1) is 13.9. The molecule has 0 spiro atoms. The maximum Gasteiger partial charge on any atom is 0.0446 e. The maximum absolute atomic E-state index is 5.86. The second-order valence-electron chi connectivity index (χ2n) is 10.1. The lowest BCUT2D eigenvalue weighted by atomic mass is 9.72. The first-order valence-corrected chi connectivity index (χ1v) is 11.9. The van der Waals surface area contributed by atoms with E-state index in [0.29, 0.717) is 5.41 Å². The molecule has 1 heterocycles. The zero-order valence-corrected chi connectivity index (χ0v) is 20.6. The van der Waals surface area contributed by atoms with Gasteiger partial charge in [0.1, 0.15) is 0 Å². The number of piperazine rings is 1.